The van der Waals surface area contributed by atoms with Crippen molar-refractivity contribution >= 4 is 22.8 Å². The number of nitrogens with zero attached hydrogens (tertiary/aromatic N) is 3. The van der Waals surface area contributed by atoms with Gasteiger partial charge in [-0.25, -0.2) is 4.68 Å². The summed E-state index contributed by atoms with van der Waals surface area (Å²) in [5.74, 6) is 2.10. The molecule has 80 valence electrons. The molecule has 0 saturated heterocycles. The molecule has 0 spiro atoms. The molecule has 0 aliphatic rings. The van der Waals surface area contributed by atoms with Crippen molar-refractivity contribution in [1.82, 2.24) is 15.0 Å². The van der Waals surface area contributed by atoms with E-state index < -0.39 is 0 Å². The molecular weight excluding hydrogens is 206 g/mol. The van der Waals surface area contributed by atoms with Crippen LogP contribution < -0.4 is 0 Å². The van der Waals surface area contributed by atoms with Gasteiger partial charge in [0.05, 0.1) is 11.4 Å². The Balaban J connectivity index is 2.02. The maximum atomic E-state index is 4.14. The molecule has 1 aromatic heterocycles. The standard InChI is InChI=1S/C11H15N3S/c1-2-3-8-15-9-14-11-7-5-4-6-10(11)12-13-14/h4-7H,2-3,8-9H2,1H3. The van der Waals surface area contributed by atoms with Crippen molar-refractivity contribution in [1.29, 1.82) is 0 Å². The highest BCUT2D eigenvalue weighted by Gasteiger charge is 2.01. The maximum absolute atomic E-state index is 4.14. The Morgan fingerprint density at radius 3 is 3.07 bits per heavy atom. The van der Waals surface area contributed by atoms with Crippen molar-refractivity contribution in [3.63, 3.8) is 0 Å². The topological polar surface area (TPSA) is 30.7 Å². The van der Waals surface area contributed by atoms with Gasteiger partial charge in [-0.15, -0.1) is 16.9 Å². The van der Waals surface area contributed by atoms with Crippen LogP contribution >= 0.6 is 11.8 Å². The molecule has 2 rings (SSSR count). The highest BCUT2D eigenvalue weighted by molar-refractivity contribution is 7.98. The highest BCUT2D eigenvalue weighted by Crippen LogP contribution is 2.14. The molecule has 0 aliphatic carbocycles. The normalized spacial score (nSPS) is 11.0. The highest BCUT2D eigenvalue weighted by atomic mass is 32.2. The van der Waals surface area contributed by atoms with Crippen molar-refractivity contribution in [3.05, 3.63) is 24.3 Å². The van der Waals surface area contributed by atoms with E-state index in [1.807, 2.05) is 34.6 Å². The average molecular weight is 221 g/mol. The van der Waals surface area contributed by atoms with Crippen LogP contribution in [0.25, 0.3) is 11.0 Å². The molecule has 15 heavy (non-hydrogen) atoms. The van der Waals surface area contributed by atoms with Crippen LogP contribution in [0.3, 0.4) is 0 Å². The van der Waals surface area contributed by atoms with E-state index in [1.54, 1.807) is 0 Å². The molecule has 0 radical (unpaired) electrons. The molecule has 0 bridgehead atoms. The zero-order valence-electron chi connectivity index (χ0n) is 8.89. The van der Waals surface area contributed by atoms with Crippen LogP contribution in [0.5, 0.6) is 0 Å². The zero-order valence-corrected chi connectivity index (χ0v) is 9.70. The van der Waals surface area contributed by atoms with Crippen molar-refractivity contribution in [3.8, 4) is 0 Å². The fraction of sp³-hybridized carbons (Fsp3) is 0.455. The number of para-hydroxylation sites is 1. The van der Waals surface area contributed by atoms with Crippen LogP contribution in [-0.2, 0) is 5.88 Å². The summed E-state index contributed by atoms with van der Waals surface area (Å²) in [6.07, 6.45) is 2.53. The summed E-state index contributed by atoms with van der Waals surface area (Å²) in [5.41, 5.74) is 2.11. The van der Waals surface area contributed by atoms with Gasteiger partial charge in [0, 0.05) is 0 Å². The Morgan fingerprint density at radius 1 is 1.33 bits per heavy atom. The number of unbranched alkanes of at least 4 members (excludes halogenated alkanes) is 1. The second-order valence-electron chi connectivity index (χ2n) is 3.47. The summed E-state index contributed by atoms with van der Waals surface area (Å²) in [6, 6.07) is 8.08. The summed E-state index contributed by atoms with van der Waals surface area (Å²) in [5, 5.41) is 8.26. The Morgan fingerprint density at radius 2 is 2.20 bits per heavy atom. The summed E-state index contributed by atoms with van der Waals surface area (Å²) < 4.78 is 1.97. The molecular formula is C11H15N3S. The Hall–Kier alpha value is -1.03. The molecule has 1 aromatic carbocycles. The van der Waals surface area contributed by atoms with E-state index in [9.17, 15) is 0 Å². The number of rotatable bonds is 5. The van der Waals surface area contributed by atoms with Gasteiger partial charge in [0.1, 0.15) is 5.52 Å². The lowest BCUT2D eigenvalue weighted by Gasteiger charge is -2.01. The predicted molar refractivity (Wildman–Crippen MR) is 64.9 cm³/mol. The van der Waals surface area contributed by atoms with Crippen LogP contribution in [0.15, 0.2) is 24.3 Å². The van der Waals surface area contributed by atoms with Gasteiger partial charge in [0.2, 0.25) is 0 Å². The minimum atomic E-state index is 0.903. The number of aromatic nitrogens is 3. The lowest BCUT2D eigenvalue weighted by Crippen LogP contribution is -1.97. The average Bonchev–Trinajstić information content (AvgIpc) is 2.68. The summed E-state index contributed by atoms with van der Waals surface area (Å²) in [6.45, 7) is 2.21. The van der Waals surface area contributed by atoms with Gasteiger partial charge in [-0.05, 0) is 24.3 Å². The molecule has 4 heteroatoms. The number of fused-ring (bicyclic) bond motifs is 1. The van der Waals surface area contributed by atoms with Gasteiger partial charge < -0.3 is 0 Å². The number of hydrogen-bond acceptors (Lipinski definition) is 3. The molecule has 2 aromatic rings. The maximum Gasteiger partial charge on any atom is 0.113 e. The van der Waals surface area contributed by atoms with E-state index in [-0.39, 0.29) is 0 Å². The van der Waals surface area contributed by atoms with E-state index in [0.717, 1.165) is 16.9 Å². The zero-order chi connectivity index (χ0) is 10.5. The fourth-order valence-corrected chi connectivity index (χ4v) is 2.40. The third kappa shape index (κ3) is 2.50. The van der Waals surface area contributed by atoms with Crippen LogP contribution in [0.4, 0.5) is 0 Å². The third-order valence-electron chi connectivity index (χ3n) is 2.28. The Bertz CT molecular complexity index is 424. The van der Waals surface area contributed by atoms with Crippen molar-refractivity contribution in [2.75, 3.05) is 5.75 Å². The first-order chi connectivity index (χ1) is 7.42. The third-order valence-corrected chi connectivity index (χ3v) is 3.28. The van der Waals surface area contributed by atoms with E-state index in [2.05, 4.69) is 23.3 Å². The van der Waals surface area contributed by atoms with Crippen molar-refractivity contribution in [2.45, 2.75) is 25.6 Å². The molecule has 0 amide bonds. The van der Waals surface area contributed by atoms with Gasteiger partial charge in [-0.1, -0.05) is 30.7 Å². The molecule has 0 aliphatic heterocycles. The first-order valence-electron chi connectivity index (χ1n) is 5.28. The fourth-order valence-electron chi connectivity index (χ4n) is 1.41. The van der Waals surface area contributed by atoms with Crippen LogP contribution in [0.2, 0.25) is 0 Å². The Kier molecular flexibility index (Phi) is 3.61. The molecule has 0 N–H and O–H groups in total. The molecule has 3 nitrogen and oxygen atoms in total. The summed E-state index contributed by atoms with van der Waals surface area (Å²) >= 11 is 1.91. The monoisotopic (exact) mass is 221 g/mol. The largest absolute Gasteiger partial charge is 0.235 e. The summed E-state index contributed by atoms with van der Waals surface area (Å²) in [7, 11) is 0. The lowest BCUT2D eigenvalue weighted by atomic mass is 10.3. The van der Waals surface area contributed by atoms with Crippen LogP contribution in [-0.4, -0.2) is 20.7 Å². The van der Waals surface area contributed by atoms with E-state index in [1.165, 1.54) is 18.6 Å². The Labute approximate surface area is 93.9 Å². The van der Waals surface area contributed by atoms with E-state index >= 15 is 0 Å². The smallest absolute Gasteiger partial charge is 0.113 e. The number of thioether (sulfide) groups is 1. The first kappa shape index (κ1) is 10.5. The van der Waals surface area contributed by atoms with Gasteiger partial charge in [0.15, 0.2) is 0 Å². The first-order valence-corrected chi connectivity index (χ1v) is 6.43. The molecule has 0 unspecified atom stereocenters. The van der Waals surface area contributed by atoms with Crippen LogP contribution in [0.1, 0.15) is 19.8 Å². The van der Waals surface area contributed by atoms with Crippen molar-refractivity contribution < 1.29 is 0 Å². The SMILES string of the molecule is CCCCSCn1nnc2ccccc21. The van der Waals surface area contributed by atoms with Crippen LogP contribution in [0, 0.1) is 0 Å². The second kappa shape index (κ2) is 5.16. The van der Waals surface area contributed by atoms with Gasteiger partial charge in [0.25, 0.3) is 0 Å². The van der Waals surface area contributed by atoms with E-state index in [0.29, 0.717) is 0 Å². The second-order valence-corrected chi connectivity index (χ2v) is 4.54. The summed E-state index contributed by atoms with van der Waals surface area (Å²) in [4.78, 5) is 0. The molecule has 0 fully saturated rings. The van der Waals surface area contributed by atoms with Crippen molar-refractivity contribution in [2.24, 2.45) is 0 Å². The van der Waals surface area contributed by atoms with Gasteiger partial charge >= 0.3 is 0 Å². The quantitative estimate of drug-likeness (QED) is 0.727. The van der Waals surface area contributed by atoms with Gasteiger partial charge in [-0.2, -0.15) is 0 Å². The lowest BCUT2D eigenvalue weighted by molar-refractivity contribution is 0.721. The number of benzene rings is 1. The van der Waals surface area contributed by atoms with Gasteiger partial charge in [-0.3, -0.25) is 0 Å². The number of hydrogen-bond donors (Lipinski definition) is 0. The minimum absolute atomic E-state index is 0.903. The molecule has 1 heterocycles. The molecule has 0 saturated carbocycles. The molecule has 0 atom stereocenters. The minimum Gasteiger partial charge on any atom is -0.235 e. The van der Waals surface area contributed by atoms with E-state index in [4.69, 9.17) is 0 Å². The predicted octanol–water partition coefficient (Wildman–Crippen LogP) is 2.92.